The Balaban J connectivity index is 1.61. The summed E-state index contributed by atoms with van der Waals surface area (Å²) >= 11 is 2.16. The molecule has 14 heavy (non-hydrogen) atoms. The third-order valence-electron chi connectivity index (χ3n) is 3.71. The first-order chi connectivity index (χ1) is 6.79. The molecule has 0 aromatic heterocycles. The van der Waals surface area contributed by atoms with E-state index in [4.69, 9.17) is 0 Å². The van der Waals surface area contributed by atoms with Crippen molar-refractivity contribution in [2.45, 2.75) is 50.2 Å². The van der Waals surface area contributed by atoms with Crippen molar-refractivity contribution in [3.63, 3.8) is 0 Å². The van der Waals surface area contributed by atoms with Crippen molar-refractivity contribution in [1.82, 2.24) is 5.32 Å². The molecule has 2 rings (SSSR count). The summed E-state index contributed by atoms with van der Waals surface area (Å²) in [7, 11) is 0. The van der Waals surface area contributed by atoms with E-state index in [9.17, 15) is 0 Å². The van der Waals surface area contributed by atoms with Crippen LogP contribution in [0.2, 0.25) is 0 Å². The van der Waals surface area contributed by atoms with Crippen LogP contribution in [0, 0.1) is 5.92 Å². The molecule has 0 bridgehead atoms. The second-order valence-corrected chi connectivity index (χ2v) is 6.87. The van der Waals surface area contributed by atoms with E-state index in [2.05, 4.69) is 24.0 Å². The maximum Gasteiger partial charge on any atom is 0.0256 e. The Labute approximate surface area is 92.4 Å². The molecule has 0 radical (unpaired) electrons. The summed E-state index contributed by atoms with van der Waals surface area (Å²) < 4.78 is 0.554. The Bertz CT molecular complexity index is 169. The minimum atomic E-state index is 0.554. The van der Waals surface area contributed by atoms with E-state index in [1.165, 1.54) is 57.4 Å². The monoisotopic (exact) mass is 213 g/mol. The molecule has 0 aromatic rings. The van der Waals surface area contributed by atoms with Gasteiger partial charge in [-0.05, 0) is 50.8 Å². The van der Waals surface area contributed by atoms with Crippen LogP contribution < -0.4 is 5.32 Å². The minimum Gasteiger partial charge on any atom is -0.315 e. The first-order valence-electron chi connectivity index (χ1n) is 6.13. The zero-order chi connectivity index (χ0) is 9.86. The van der Waals surface area contributed by atoms with Crippen LogP contribution in [0.5, 0.6) is 0 Å². The third-order valence-corrected chi connectivity index (χ3v) is 5.25. The summed E-state index contributed by atoms with van der Waals surface area (Å²) in [6.45, 7) is 4.93. The van der Waals surface area contributed by atoms with E-state index < -0.39 is 0 Å². The molecule has 0 amide bonds. The van der Waals surface area contributed by atoms with Gasteiger partial charge < -0.3 is 5.32 Å². The molecular weight excluding hydrogens is 190 g/mol. The highest BCUT2D eigenvalue weighted by Gasteiger charge is 2.29. The second kappa shape index (κ2) is 4.89. The van der Waals surface area contributed by atoms with Crippen LogP contribution in [0.1, 0.15) is 45.4 Å². The van der Waals surface area contributed by atoms with Crippen molar-refractivity contribution in [1.29, 1.82) is 0 Å². The third kappa shape index (κ3) is 2.90. The molecule has 0 aromatic carbocycles. The van der Waals surface area contributed by atoms with Gasteiger partial charge >= 0.3 is 0 Å². The van der Waals surface area contributed by atoms with E-state index >= 15 is 0 Å². The van der Waals surface area contributed by atoms with Crippen molar-refractivity contribution in [3.8, 4) is 0 Å². The lowest BCUT2D eigenvalue weighted by molar-refractivity contribution is 0.457. The highest BCUT2D eigenvalue weighted by molar-refractivity contribution is 8.00. The van der Waals surface area contributed by atoms with Gasteiger partial charge in [0.15, 0.2) is 0 Å². The molecule has 1 aliphatic heterocycles. The topological polar surface area (TPSA) is 12.0 Å². The summed E-state index contributed by atoms with van der Waals surface area (Å²) in [5.41, 5.74) is 0. The van der Waals surface area contributed by atoms with Gasteiger partial charge in [-0.3, -0.25) is 0 Å². The summed E-state index contributed by atoms with van der Waals surface area (Å²) in [6, 6.07) is 0. The fourth-order valence-electron chi connectivity index (χ4n) is 2.73. The quantitative estimate of drug-likeness (QED) is 0.770. The predicted molar refractivity (Wildman–Crippen MR) is 64.9 cm³/mol. The molecule has 0 spiro atoms. The average Bonchev–Trinajstić information content (AvgIpc) is 2.77. The van der Waals surface area contributed by atoms with Gasteiger partial charge in [0.25, 0.3) is 0 Å². The van der Waals surface area contributed by atoms with Gasteiger partial charge in [-0.15, -0.1) is 0 Å². The molecule has 1 N–H and O–H groups in total. The summed E-state index contributed by atoms with van der Waals surface area (Å²) in [5.74, 6) is 2.37. The lowest BCUT2D eigenvalue weighted by atomic mass is 10.0. The second-order valence-electron chi connectivity index (χ2n) is 5.18. The maximum absolute atomic E-state index is 3.69. The zero-order valence-electron chi connectivity index (χ0n) is 9.35. The predicted octanol–water partition coefficient (Wildman–Crippen LogP) is 3.05. The first-order valence-corrected chi connectivity index (χ1v) is 7.12. The molecule has 1 nitrogen and oxygen atoms in total. The Morgan fingerprint density at radius 2 is 2.07 bits per heavy atom. The summed E-state index contributed by atoms with van der Waals surface area (Å²) in [6.07, 6.45) is 8.71. The minimum absolute atomic E-state index is 0.554. The molecule has 1 aliphatic carbocycles. The molecule has 2 heteroatoms. The molecule has 1 heterocycles. The Hall–Kier alpha value is 0.310. The standard InChI is InChI=1S/C12H23NS/c1-12(7-4-8-14-12)10-13-9-11-5-2-3-6-11/h11,13H,2-10H2,1H3. The summed E-state index contributed by atoms with van der Waals surface area (Å²) in [5, 5.41) is 3.69. The van der Waals surface area contributed by atoms with Crippen LogP contribution in [0.15, 0.2) is 0 Å². The normalized spacial score (nSPS) is 34.1. The number of hydrogen-bond donors (Lipinski definition) is 1. The van der Waals surface area contributed by atoms with Crippen molar-refractivity contribution in [3.05, 3.63) is 0 Å². The van der Waals surface area contributed by atoms with Crippen LogP contribution in [-0.2, 0) is 0 Å². The van der Waals surface area contributed by atoms with Gasteiger partial charge in [0.2, 0.25) is 0 Å². The van der Waals surface area contributed by atoms with Crippen LogP contribution >= 0.6 is 11.8 Å². The van der Waals surface area contributed by atoms with E-state index in [0.717, 1.165) is 5.92 Å². The molecule has 2 fully saturated rings. The van der Waals surface area contributed by atoms with Crippen molar-refractivity contribution in [2.75, 3.05) is 18.8 Å². The number of nitrogens with one attached hydrogen (secondary N) is 1. The van der Waals surface area contributed by atoms with Crippen LogP contribution in [-0.4, -0.2) is 23.6 Å². The highest BCUT2D eigenvalue weighted by Crippen LogP contribution is 2.37. The average molecular weight is 213 g/mol. The first kappa shape index (κ1) is 10.8. The van der Waals surface area contributed by atoms with Gasteiger partial charge in [0, 0.05) is 11.3 Å². The van der Waals surface area contributed by atoms with E-state index in [0.29, 0.717) is 4.75 Å². The number of rotatable bonds is 4. The molecule has 2 aliphatic rings. The van der Waals surface area contributed by atoms with Crippen molar-refractivity contribution >= 4 is 11.8 Å². The van der Waals surface area contributed by atoms with Gasteiger partial charge in [-0.1, -0.05) is 12.8 Å². The van der Waals surface area contributed by atoms with Gasteiger partial charge in [0.1, 0.15) is 0 Å². The van der Waals surface area contributed by atoms with E-state index in [1.807, 2.05) is 0 Å². The fraction of sp³-hybridized carbons (Fsp3) is 1.00. The van der Waals surface area contributed by atoms with Crippen molar-refractivity contribution in [2.24, 2.45) is 5.92 Å². The lowest BCUT2D eigenvalue weighted by Crippen LogP contribution is -2.35. The molecule has 82 valence electrons. The largest absolute Gasteiger partial charge is 0.315 e. The molecular formula is C12H23NS. The van der Waals surface area contributed by atoms with Crippen LogP contribution in [0.3, 0.4) is 0 Å². The highest BCUT2D eigenvalue weighted by atomic mass is 32.2. The zero-order valence-corrected chi connectivity index (χ0v) is 10.2. The van der Waals surface area contributed by atoms with Gasteiger partial charge in [0.05, 0.1) is 0 Å². The Kier molecular flexibility index (Phi) is 3.78. The van der Waals surface area contributed by atoms with Crippen LogP contribution in [0.4, 0.5) is 0 Å². The lowest BCUT2D eigenvalue weighted by Gasteiger charge is -2.24. The van der Waals surface area contributed by atoms with E-state index in [1.54, 1.807) is 0 Å². The van der Waals surface area contributed by atoms with Gasteiger partial charge in [-0.25, -0.2) is 0 Å². The van der Waals surface area contributed by atoms with E-state index in [-0.39, 0.29) is 0 Å². The molecule has 1 atom stereocenters. The fourth-order valence-corrected chi connectivity index (χ4v) is 4.01. The summed E-state index contributed by atoms with van der Waals surface area (Å²) in [4.78, 5) is 0. The smallest absolute Gasteiger partial charge is 0.0256 e. The molecule has 1 unspecified atom stereocenters. The Morgan fingerprint density at radius 1 is 1.29 bits per heavy atom. The number of hydrogen-bond acceptors (Lipinski definition) is 2. The SMILES string of the molecule is CC1(CNCC2CCCC2)CCCS1. The molecule has 1 saturated heterocycles. The Morgan fingerprint density at radius 3 is 2.71 bits per heavy atom. The molecule has 1 saturated carbocycles. The maximum atomic E-state index is 3.69. The number of thioether (sulfide) groups is 1. The van der Waals surface area contributed by atoms with Gasteiger partial charge in [-0.2, -0.15) is 11.8 Å². The van der Waals surface area contributed by atoms with Crippen LogP contribution in [0.25, 0.3) is 0 Å². The van der Waals surface area contributed by atoms with Crippen molar-refractivity contribution < 1.29 is 0 Å².